The van der Waals surface area contributed by atoms with Crippen LogP contribution in [0.15, 0.2) is 37.7 Å². The first-order valence-corrected chi connectivity index (χ1v) is 10.0. The highest BCUT2D eigenvalue weighted by Gasteiger charge is 2.34. The molecule has 9 nitrogen and oxygen atoms in total. The molecule has 3 aromatic heterocycles. The third-order valence-corrected chi connectivity index (χ3v) is 5.55. The van der Waals surface area contributed by atoms with E-state index in [1.54, 1.807) is 0 Å². The van der Waals surface area contributed by atoms with Crippen molar-refractivity contribution in [2.75, 3.05) is 5.32 Å². The minimum atomic E-state index is -4.82. The summed E-state index contributed by atoms with van der Waals surface area (Å²) in [5, 5.41) is 7.71. The summed E-state index contributed by atoms with van der Waals surface area (Å²) in [6, 6.07) is 2.41. The molecule has 172 valence electrons. The van der Waals surface area contributed by atoms with E-state index in [1.165, 1.54) is 19.5 Å². The van der Waals surface area contributed by atoms with Crippen molar-refractivity contribution in [3.8, 4) is 11.3 Å². The van der Waals surface area contributed by atoms with Crippen LogP contribution in [0.4, 0.5) is 22.7 Å². The Kier molecular flexibility index (Phi) is 5.40. The number of nitrogens with one attached hydrogen (secondary N) is 1. The van der Waals surface area contributed by atoms with Crippen molar-refractivity contribution in [3.63, 3.8) is 0 Å². The van der Waals surface area contributed by atoms with E-state index in [2.05, 4.69) is 15.5 Å². The summed E-state index contributed by atoms with van der Waals surface area (Å²) in [6.07, 6.45) is -5.19. The van der Waals surface area contributed by atoms with Crippen LogP contribution in [0.3, 0.4) is 0 Å². The van der Waals surface area contributed by atoms with Gasteiger partial charge in [0, 0.05) is 25.0 Å². The van der Waals surface area contributed by atoms with Gasteiger partial charge >= 0.3 is 11.9 Å². The molecule has 0 radical (unpaired) electrons. The monoisotopic (exact) mass is 483 g/mol. The molecule has 1 N–H and O–H groups in total. The molecule has 14 heteroatoms. The lowest BCUT2D eigenvalue weighted by molar-refractivity contribution is -0.140. The Hall–Kier alpha value is -3.81. The molecule has 0 unspecified atom stereocenters. The van der Waals surface area contributed by atoms with Crippen molar-refractivity contribution in [2.45, 2.75) is 12.6 Å². The summed E-state index contributed by atoms with van der Waals surface area (Å²) < 4.78 is 59.0. The van der Waals surface area contributed by atoms with Crippen LogP contribution < -0.4 is 16.6 Å². The molecule has 0 saturated heterocycles. The number of thiazole rings is 1. The number of carbonyl (C=O) groups is 1. The molecule has 33 heavy (non-hydrogen) atoms. The molecule has 4 aromatic rings. The van der Waals surface area contributed by atoms with Crippen LogP contribution in [0, 0.1) is 5.82 Å². The number of fused-ring (bicyclic) bond motifs is 1. The Balaban J connectivity index is 1.54. The largest absolute Gasteiger partial charge is 0.419 e. The summed E-state index contributed by atoms with van der Waals surface area (Å²) in [5.41, 5.74) is -2.47. The number of aryl methyl sites for hydroxylation is 1. The van der Waals surface area contributed by atoms with E-state index in [9.17, 15) is 31.9 Å². The Morgan fingerprint density at radius 1 is 1.21 bits per heavy atom. The van der Waals surface area contributed by atoms with Gasteiger partial charge < -0.3 is 9.84 Å². The number of amides is 1. The predicted molar refractivity (Wildman–Crippen MR) is 109 cm³/mol. The molecule has 1 aromatic carbocycles. The summed E-state index contributed by atoms with van der Waals surface area (Å²) >= 11 is 0.972. The normalized spacial score (nSPS) is 11.8. The van der Waals surface area contributed by atoms with Gasteiger partial charge in [-0.1, -0.05) is 11.2 Å². The zero-order valence-electron chi connectivity index (χ0n) is 16.9. The van der Waals surface area contributed by atoms with Gasteiger partial charge in [-0.05, 0) is 12.1 Å². The fourth-order valence-corrected chi connectivity index (χ4v) is 3.86. The molecular weight excluding hydrogens is 470 g/mol. The van der Waals surface area contributed by atoms with Gasteiger partial charge in [-0.2, -0.15) is 13.2 Å². The minimum absolute atomic E-state index is 0.0142. The Bertz CT molecular complexity index is 1520. The quantitative estimate of drug-likeness (QED) is 0.447. The van der Waals surface area contributed by atoms with E-state index < -0.39 is 34.7 Å². The van der Waals surface area contributed by atoms with Crippen molar-refractivity contribution >= 4 is 33.5 Å². The molecule has 4 rings (SSSR count). The highest BCUT2D eigenvalue weighted by Crippen LogP contribution is 2.34. The maximum atomic E-state index is 13.8. The molecule has 0 aliphatic heterocycles. The topological polar surface area (TPSA) is 112 Å². The number of hydrogen-bond acceptors (Lipinski definition) is 7. The van der Waals surface area contributed by atoms with Crippen LogP contribution in [0.2, 0.25) is 0 Å². The Morgan fingerprint density at radius 2 is 1.94 bits per heavy atom. The average molecular weight is 483 g/mol. The summed E-state index contributed by atoms with van der Waals surface area (Å²) in [7, 11) is 2.67. The molecule has 0 aliphatic rings. The van der Waals surface area contributed by atoms with E-state index in [0.717, 1.165) is 26.5 Å². The van der Waals surface area contributed by atoms with E-state index in [4.69, 9.17) is 4.52 Å². The lowest BCUT2D eigenvalue weighted by atomic mass is 10.1. The van der Waals surface area contributed by atoms with Gasteiger partial charge in [0.05, 0.1) is 17.7 Å². The first kappa shape index (κ1) is 22.4. The van der Waals surface area contributed by atoms with Crippen LogP contribution in [-0.2, 0) is 31.5 Å². The van der Waals surface area contributed by atoms with Gasteiger partial charge in [0.1, 0.15) is 16.9 Å². The smallest absolute Gasteiger partial charge is 0.337 e. The summed E-state index contributed by atoms with van der Waals surface area (Å²) in [5.74, 6) is -2.05. The van der Waals surface area contributed by atoms with Gasteiger partial charge in [0.15, 0.2) is 5.13 Å². The second-order valence-electron chi connectivity index (χ2n) is 6.97. The highest BCUT2D eigenvalue weighted by atomic mass is 32.1. The van der Waals surface area contributed by atoms with Crippen molar-refractivity contribution in [2.24, 2.45) is 14.1 Å². The number of halogens is 4. The fraction of sp³-hybridized carbons (Fsp3) is 0.211. The fourth-order valence-electron chi connectivity index (χ4n) is 3.13. The zero-order valence-corrected chi connectivity index (χ0v) is 17.7. The van der Waals surface area contributed by atoms with Crippen LogP contribution in [0.25, 0.3) is 22.4 Å². The van der Waals surface area contributed by atoms with Crippen LogP contribution in [0.1, 0.15) is 11.3 Å². The standard InChI is InChI=1S/C19H13F4N5O4S/c1-27-15(30)14-11(26-32-16(14)28(2)18(27)31)6-13(29)25-17-24-12(7-33-17)8-3-4-9(10(20)5-8)19(21,22)23/h3-5,7H,6H2,1-2H3,(H,24,25,29). The van der Waals surface area contributed by atoms with Gasteiger partial charge in [-0.15, -0.1) is 11.3 Å². The summed E-state index contributed by atoms with van der Waals surface area (Å²) in [6.45, 7) is 0. The molecule has 0 saturated carbocycles. The SMILES string of the molecule is Cn1c(=O)c2c(CC(=O)Nc3nc(-c4ccc(C(F)(F)F)c(F)c4)cs3)noc2n(C)c1=O. The van der Waals surface area contributed by atoms with Crippen LogP contribution >= 0.6 is 11.3 Å². The molecule has 0 fully saturated rings. The first-order valence-electron chi connectivity index (χ1n) is 9.14. The third-order valence-electron chi connectivity index (χ3n) is 4.79. The first-order chi connectivity index (χ1) is 15.5. The third kappa shape index (κ3) is 4.04. The van der Waals surface area contributed by atoms with Gasteiger partial charge in [0.25, 0.3) is 5.56 Å². The van der Waals surface area contributed by atoms with E-state index in [1.807, 2.05) is 0 Å². The summed E-state index contributed by atoms with van der Waals surface area (Å²) in [4.78, 5) is 40.9. The van der Waals surface area contributed by atoms with Crippen molar-refractivity contribution in [1.82, 2.24) is 19.3 Å². The zero-order chi connectivity index (χ0) is 24.1. The Labute approximate surface area is 184 Å². The number of alkyl halides is 3. The van der Waals surface area contributed by atoms with Crippen molar-refractivity contribution in [3.05, 3.63) is 61.5 Å². The van der Waals surface area contributed by atoms with Crippen LogP contribution in [0.5, 0.6) is 0 Å². The number of carbonyl (C=O) groups excluding carboxylic acids is 1. The number of anilines is 1. The van der Waals surface area contributed by atoms with Crippen molar-refractivity contribution < 1.29 is 26.9 Å². The molecule has 0 aliphatic carbocycles. The van der Waals surface area contributed by atoms with Gasteiger partial charge in [-0.3, -0.25) is 18.7 Å². The van der Waals surface area contributed by atoms with Gasteiger partial charge in [0.2, 0.25) is 11.6 Å². The molecule has 1 amide bonds. The van der Waals surface area contributed by atoms with Gasteiger partial charge in [-0.25, -0.2) is 14.2 Å². The second-order valence-corrected chi connectivity index (χ2v) is 7.83. The number of benzene rings is 1. The minimum Gasteiger partial charge on any atom is -0.337 e. The maximum Gasteiger partial charge on any atom is 0.419 e. The average Bonchev–Trinajstić information content (AvgIpc) is 3.37. The molecule has 0 bridgehead atoms. The second kappa shape index (κ2) is 7.95. The molecular formula is C19H13F4N5O4S. The number of rotatable bonds is 4. The van der Waals surface area contributed by atoms with Crippen molar-refractivity contribution in [1.29, 1.82) is 0 Å². The lowest BCUT2D eigenvalue weighted by Gasteiger charge is -2.08. The molecule has 3 heterocycles. The lowest BCUT2D eigenvalue weighted by Crippen LogP contribution is -2.36. The maximum absolute atomic E-state index is 13.8. The number of hydrogen-bond donors (Lipinski definition) is 1. The number of nitrogens with zero attached hydrogens (tertiary/aromatic N) is 4. The molecule has 0 spiro atoms. The molecule has 0 atom stereocenters. The van der Waals surface area contributed by atoms with E-state index in [-0.39, 0.29) is 39.6 Å². The van der Waals surface area contributed by atoms with Crippen LogP contribution in [-0.4, -0.2) is 25.2 Å². The Morgan fingerprint density at radius 3 is 2.61 bits per heavy atom. The number of aromatic nitrogens is 4. The highest BCUT2D eigenvalue weighted by molar-refractivity contribution is 7.14. The predicted octanol–water partition coefficient (Wildman–Crippen LogP) is 2.69. The van der Waals surface area contributed by atoms with E-state index >= 15 is 0 Å². The van der Waals surface area contributed by atoms with E-state index in [0.29, 0.717) is 12.1 Å².